The molecule has 0 amide bonds. The summed E-state index contributed by atoms with van der Waals surface area (Å²) in [6, 6.07) is 9.98. The third kappa shape index (κ3) is 3.07. The highest BCUT2D eigenvalue weighted by Gasteiger charge is 2.14. The first-order valence-electron chi connectivity index (χ1n) is 6.00. The molecular formula is C15H10ClN3O2. The van der Waals surface area contributed by atoms with Crippen molar-refractivity contribution in [2.24, 2.45) is 0 Å². The van der Waals surface area contributed by atoms with E-state index in [2.05, 4.69) is 4.98 Å². The lowest BCUT2D eigenvalue weighted by Gasteiger charge is -2.05. The van der Waals surface area contributed by atoms with Crippen molar-refractivity contribution in [1.82, 2.24) is 4.98 Å². The number of nitro benzene ring substituents is 1. The molecule has 0 spiro atoms. The molecule has 1 aromatic carbocycles. The van der Waals surface area contributed by atoms with Crippen LogP contribution >= 0.6 is 11.6 Å². The zero-order valence-electron chi connectivity index (χ0n) is 11.1. The molecule has 0 saturated carbocycles. The van der Waals surface area contributed by atoms with E-state index in [9.17, 15) is 15.4 Å². The highest BCUT2D eigenvalue weighted by Crippen LogP contribution is 2.31. The van der Waals surface area contributed by atoms with E-state index in [1.54, 1.807) is 37.5 Å². The molecule has 0 bridgehead atoms. The van der Waals surface area contributed by atoms with Crippen LogP contribution in [-0.2, 0) is 0 Å². The molecule has 104 valence electrons. The van der Waals surface area contributed by atoms with Gasteiger partial charge in [0.15, 0.2) is 0 Å². The van der Waals surface area contributed by atoms with Gasteiger partial charge in [0.1, 0.15) is 6.07 Å². The molecule has 1 aromatic heterocycles. The Labute approximate surface area is 126 Å². The van der Waals surface area contributed by atoms with Gasteiger partial charge in [-0.2, -0.15) is 5.26 Å². The number of allylic oxidation sites excluding steroid dienone is 1. The molecule has 6 heteroatoms. The number of hydrogen-bond donors (Lipinski definition) is 0. The predicted molar refractivity (Wildman–Crippen MR) is 80.4 cm³/mol. The smallest absolute Gasteiger partial charge is 0.264 e. The van der Waals surface area contributed by atoms with Crippen LogP contribution in [0, 0.1) is 28.4 Å². The summed E-state index contributed by atoms with van der Waals surface area (Å²) in [5, 5.41) is 20.3. The van der Waals surface area contributed by atoms with E-state index in [-0.39, 0.29) is 16.3 Å². The number of aryl methyl sites for hydroxylation is 1. The van der Waals surface area contributed by atoms with Gasteiger partial charge in [0, 0.05) is 29.6 Å². The van der Waals surface area contributed by atoms with Crippen LogP contribution < -0.4 is 0 Å². The molecule has 0 aliphatic rings. The summed E-state index contributed by atoms with van der Waals surface area (Å²) in [7, 11) is 0. The summed E-state index contributed by atoms with van der Waals surface area (Å²) in [5.74, 6) is 0. The maximum atomic E-state index is 10.8. The van der Waals surface area contributed by atoms with Crippen molar-refractivity contribution >= 4 is 27.9 Å². The summed E-state index contributed by atoms with van der Waals surface area (Å²) in [6.07, 6.45) is 3.14. The number of pyridine rings is 1. The van der Waals surface area contributed by atoms with Crippen molar-refractivity contribution in [2.45, 2.75) is 6.92 Å². The summed E-state index contributed by atoms with van der Waals surface area (Å²) >= 11 is 6.27. The van der Waals surface area contributed by atoms with Crippen molar-refractivity contribution in [3.05, 3.63) is 69.5 Å². The fraction of sp³-hybridized carbons (Fsp3) is 0.0667. The molecular weight excluding hydrogens is 290 g/mol. The van der Waals surface area contributed by atoms with Gasteiger partial charge in [-0.15, -0.1) is 0 Å². The molecule has 1 heterocycles. The molecule has 21 heavy (non-hydrogen) atoms. The van der Waals surface area contributed by atoms with E-state index >= 15 is 0 Å². The van der Waals surface area contributed by atoms with Gasteiger partial charge in [0.25, 0.3) is 5.69 Å². The Morgan fingerprint density at radius 3 is 2.67 bits per heavy atom. The first-order chi connectivity index (χ1) is 10.0. The number of benzene rings is 1. The lowest BCUT2D eigenvalue weighted by atomic mass is 10.0. The van der Waals surface area contributed by atoms with Gasteiger partial charge in [-0.05, 0) is 30.7 Å². The van der Waals surface area contributed by atoms with E-state index in [1.165, 1.54) is 12.1 Å². The van der Waals surface area contributed by atoms with E-state index in [4.69, 9.17) is 11.6 Å². The molecule has 0 aliphatic carbocycles. The average Bonchev–Trinajstić information content (AvgIpc) is 2.48. The van der Waals surface area contributed by atoms with Crippen LogP contribution in [0.15, 0.2) is 42.7 Å². The second kappa shape index (κ2) is 6.16. The minimum Gasteiger partial charge on any atom is -0.264 e. The number of rotatable bonds is 3. The largest absolute Gasteiger partial charge is 0.272 e. The van der Waals surface area contributed by atoms with Crippen LogP contribution in [0.3, 0.4) is 0 Å². The van der Waals surface area contributed by atoms with Crippen LogP contribution in [0.5, 0.6) is 0 Å². The van der Waals surface area contributed by atoms with Crippen LogP contribution in [0.25, 0.3) is 10.6 Å². The van der Waals surface area contributed by atoms with Crippen molar-refractivity contribution < 1.29 is 4.92 Å². The van der Waals surface area contributed by atoms with E-state index < -0.39 is 4.92 Å². The average molecular weight is 300 g/mol. The Kier molecular flexibility index (Phi) is 4.31. The third-order valence-corrected chi connectivity index (χ3v) is 3.34. The maximum absolute atomic E-state index is 10.8. The number of nitriles is 1. The zero-order chi connectivity index (χ0) is 15.4. The summed E-state index contributed by atoms with van der Waals surface area (Å²) in [4.78, 5) is 14.3. The summed E-state index contributed by atoms with van der Waals surface area (Å²) in [6.45, 7) is 1.63. The Hall–Kier alpha value is -2.71. The second-order valence-electron chi connectivity index (χ2n) is 4.30. The van der Waals surface area contributed by atoms with Crippen LogP contribution in [0.4, 0.5) is 5.69 Å². The number of hydrogen-bond acceptors (Lipinski definition) is 4. The molecule has 0 atom stereocenters. The van der Waals surface area contributed by atoms with Gasteiger partial charge in [0.05, 0.1) is 15.5 Å². The number of halogens is 1. The van der Waals surface area contributed by atoms with Crippen molar-refractivity contribution in [3.8, 4) is 6.07 Å². The lowest BCUT2D eigenvalue weighted by molar-refractivity contribution is -0.385. The van der Waals surface area contributed by atoms with Gasteiger partial charge in [-0.1, -0.05) is 17.7 Å². The molecule has 5 nitrogen and oxygen atoms in total. The van der Waals surface area contributed by atoms with Crippen LogP contribution in [0.2, 0.25) is 0 Å². The summed E-state index contributed by atoms with van der Waals surface area (Å²) < 4.78 is 0. The van der Waals surface area contributed by atoms with Gasteiger partial charge in [-0.3, -0.25) is 15.1 Å². The monoisotopic (exact) mass is 299 g/mol. The number of nitro groups is 1. The van der Waals surface area contributed by atoms with Crippen molar-refractivity contribution in [1.29, 1.82) is 5.26 Å². The fourth-order valence-electron chi connectivity index (χ4n) is 1.89. The van der Waals surface area contributed by atoms with Crippen LogP contribution in [-0.4, -0.2) is 9.91 Å². The fourth-order valence-corrected chi connectivity index (χ4v) is 2.16. The second-order valence-corrected chi connectivity index (χ2v) is 4.68. The minimum atomic E-state index is -0.455. The van der Waals surface area contributed by atoms with Gasteiger partial charge in [0.2, 0.25) is 0 Å². The standard InChI is InChI=1S/C15H10ClN3O2/c1-10-7-11(4-5-14(10)19(20)21)15(16)13(8-17)12-3-2-6-18-9-12/h2-7,9H,1H3/b15-13+. The summed E-state index contributed by atoms with van der Waals surface area (Å²) in [5.41, 5.74) is 1.93. The zero-order valence-corrected chi connectivity index (χ0v) is 11.8. The number of nitrogens with zero attached hydrogens (tertiary/aromatic N) is 3. The Balaban J connectivity index is 2.54. The van der Waals surface area contributed by atoms with E-state index in [0.29, 0.717) is 16.7 Å². The Morgan fingerprint density at radius 2 is 2.14 bits per heavy atom. The highest BCUT2D eigenvalue weighted by atomic mass is 35.5. The predicted octanol–water partition coefficient (Wildman–Crippen LogP) is 3.93. The van der Waals surface area contributed by atoms with Crippen LogP contribution in [0.1, 0.15) is 16.7 Å². The van der Waals surface area contributed by atoms with Gasteiger partial charge in [-0.25, -0.2) is 0 Å². The molecule has 2 rings (SSSR count). The Bertz CT molecular complexity index is 764. The lowest BCUT2D eigenvalue weighted by Crippen LogP contribution is -1.93. The molecule has 0 aliphatic heterocycles. The van der Waals surface area contributed by atoms with Gasteiger partial charge >= 0.3 is 0 Å². The molecule has 0 fully saturated rings. The van der Waals surface area contributed by atoms with Gasteiger partial charge < -0.3 is 0 Å². The first kappa shape index (κ1) is 14.7. The molecule has 0 N–H and O–H groups in total. The minimum absolute atomic E-state index is 0.0168. The van der Waals surface area contributed by atoms with Crippen molar-refractivity contribution in [3.63, 3.8) is 0 Å². The van der Waals surface area contributed by atoms with Crippen molar-refractivity contribution in [2.75, 3.05) is 0 Å². The number of aromatic nitrogens is 1. The van der Waals surface area contributed by atoms with E-state index in [1.807, 2.05) is 6.07 Å². The molecule has 0 saturated heterocycles. The quantitative estimate of drug-likeness (QED) is 0.488. The SMILES string of the molecule is Cc1cc(/C(Cl)=C(/C#N)c2cccnc2)ccc1[N+](=O)[O-]. The molecule has 0 unspecified atom stereocenters. The molecule has 2 aromatic rings. The maximum Gasteiger partial charge on any atom is 0.272 e. The topological polar surface area (TPSA) is 79.8 Å². The first-order valence-corrected chi connectivity index (χ1v) is 6.38. The highest BCUT2D eigenvalue weighted by molar-refractivity contribution is 6.53. The molecule has 0 radical (unpaired) electrons. The normalized spacial score (nSPS) is 11.5. The van der Waals surface area contributed by atoms with E-state index in [0.717, 1.165) is 0 Å². The third-order valence-electron chi connectivity index (χ3n) is 2.93. The Morgan fingerprint density at radius 1 is 1.38 bits per heavy atom.